The molecular weight excluding hydrogens is 374 g/mol. The van der Waals surface area contributed by atoms with E-state index in [0.717, 1.165) is 22.3 Å². The van der Waals surface area contributed by atoms with Crippen molar-refractivity contribution in [3.63, 3.8) is 0 Å². The molecule has 7 heteroatoms. The fourth-order valence-electron chi connectivity index (χ4n) is 3.17. The Labute approximate surface area is 167 Å². The lowest BCUT2D eigenvalue weighted by molar-refractivity contribution is 0.241. The van der Waals surface area contributed by atoms with E-state index in [9.17, 15) is 5.11 Å². The number of rotatable bonds is 5. The second kappa shape index (κ2) is 7.80. The van der Waals surface area contributed by atoms with Crippen LogP contribution in [0.5, 0.6) is 0 Å². The molecule has 1 atom stereocenters. The number of halogens is 1. The molecule has 2 aromatic heterocycles. The van der Waals surface area contributed by atoms with Crippen LogP contribution in [0.1, 0.15) is 11.6 Å². The van der Waals surface area contributed by atoms with E-state index in [1.165, 1.54) is 6.33 Å². The summed E-state index contributed by atoms with van der Waals surface area (Å²) in [5, 5.41) is 15.0. The van der Waals surface area contributed by atoms with E-state index in [4.69, 9.17) is 17.3 Å². The number of aromatic nitrogens is 4. The summed E-state index contributed by atoms with van der Waals surface area (Å²) in [7, 11) is 0. The van der Waals surface area contributed by atoms with Gasteiger partial charge in [-0.3, -0.25) is 4.68 Å². The van der Waals surface area contributed by atoms with Crippen LogP contribution in [0.3, 0.4) is 0 Å². The number of nitrogens with two attached hydrogens (primary N) is 1. The van der Waals surface area contributed by atoms with Crippen LogP contribution in [-0.4, -0.2) is 31.5 Å². The number of hydrogen-bond donors (Lipinski definition) is 2. The number of nitrogens with zero attached hydrogens (tertiary/aromatic N) is 4. The molecule has 0 saturated carbocycles. The third-order valence-corrected chi connectivity index (χ3v) is 4.81. The van der Waals surface area contributed by atoms with E-state index in [2.05, 4.69) is 15.1 Å². The number of aliphatic hydroxyl groups excluding tert-OH is 1. The summed E-state index contributed by atoms with van der Waals surface area (Å²) < 4.78 is 1.73. The maximum Gasteiger partial charge on any atom is 0.135 e. The van der Waals surface area contributed by atoms with Crippen molar-refractivity contribution in [1.82, 2.24) is 19.7 Å². The van der Waals surface area contributed by atoms with Crippen LogP contribution in [0.15, 0.2) is 73.3 Å². The lowest BCUT2D eigenvalue weighted by atomic mass is 10.0. The van der Waals surface area contributed by atoms with Gasteiger partial charge in [0.15, 0.2) is 0 Å². The Kier molecular flexibility index (Phi) is 5.06. The minimum Gasteiger partial charge on any atom is -0.394 e. The van der Waals surface area contributed by atoms with Crippen molar-refractivity contribution in [2.45, 2.75) is 6.04 Å². The first-order valence-corrected chi connectivity index (χ1v) is 9.12. The first-order valence-electron chi connectivity index (χ1n) is 8.74. The van der Waals surface area contributed by atoms with Gasteiger partial charge in [-0.25, -0.2) is 9.97 Å². The highest BCUT2D eigenvalue weighted by atomic mass is 35.5. The fourth-order valence-corrected chi connectivity index (χ4v) is 3.29. The number of hydrogen-bond acceptors (Lipinski definition) is 5. The quantitative estimate of drug-likeness (QED) is 0.539. The summed E-state index contributed by atoms with van der Waals surface area (Å²) in [5.41, 5.74) is 10.2. The van der Waals surface area contributed by atoms with Crippen molar-refractivity contribution >= 4 is 17.4 Å². The Balaban J connectivity index is 1.77. The third kappa shape index (κ3) is 3.47. The molecule has 2 heterocycles. The normalized spacial score (nSPS) is 12.1. The summed E-state index contributed by atoms with van der Waals surface area (Å²) in [6.07, 6.45) is 5.00. The average Bonchev–Trinajstić information content (AvgIpc) is 3.20. The summed E-state index contributed by atoms with van der Waals surface area (Å²) >= 11 is 6.01. The predicted molar refractivity (Wildman–Crippen MR) is 110 cm³/mol. The maximum absolute atomic E-state index is 9.90. The highest BCUT2D eigenvalue weighted by Gasteiger charge is 2.18. The summed E-state index contributed by atoms with van der Waals surface area (Å²) in [5.74, 6) is 0.377. The molecule has 0 aliphatic heterocycles. The van der Waals surface area contributed by atoms with Gasteiger partial charge < -0.3 is 10.8 Å². The minimum absolute atomic E-state index is 0.0684. The van der Waals surface area contributed by atoms with Crippen molar-refractivity contribution in [2.24, 2.45) is 0 Å². The molecule has 2 aromatic carbocycles. The second-order valence-corrected chi connectivity index (χ2v) is 6.74. The predicted octanol–water partition coefficient (Wildman–Crippen LogP) is 3.82. The van der Waals surface area contributed by atoms with Crippen LogP contribution in [0.25, 0.3) is 22.4 Å². The summed E-state index contributed by atoms with van der Waals surface area (Å²) in [6, 6.07) is 16.8. The first kappa shape index (κ1) is 18.2. The molecule has 0 aliphatic rings. The van der Waals surface area contributed by atoms with E-state index in [0.29, 0.717) is 16.5 Å². The van der Waals surface area contributed by atoms with Crippen LogP contribution >= 0.6 is 11.6 Å². The topological polar surface area (TPSA) is 89.9 Å². The Morgan fingerprint density at radius 3 is 2.46 bits per heavy atom. The van der Waals surface area contributed by atoms with Gasteiger partial charge in [0.1, 0.15) is 12.1 Å². The molecule has 28 heavy (non-hydrogen) atoms. The largest absolute Gasteiger partial charge is 0.394 e. The molecular formula is C21H18ClN5O. The lowest BCUT2D eigenvalue weighted by Gasteiger charge is -2.15. The van der Waals surface area contributed by atoms with Crippen LogP contribution < -0.4 is 5.73 Å². The van der Waals surface area contributed by atoms with Gasteiger partial charge >= 0.3 is 0 Å². The van der Waals surface area contributed by atoms with Crippen molar-refractivity contribution < 1.29 is 5.11 Å². The zero-order chi connectivity index (χ0) is 19.5. The molecule has 0 saturated heterocycles. The molecule has 0 amide bonds. The molecule has 0 fully saturated rings. The SMILES string of the molecule is Nc1ncnc(-c2cnn([C@H](CO)c3ccccc3)c2)c1-c1ccc(Cl)cc1. The standard InChI is InChI=1S/C21H18ClN5O/c22-17-8-6-15(7-9-17)19-20(24-13-25-21(19)23)16-10-26-27(11-16)18(12-28)14-4-2-1-3-5-14/h1-11,13,18,28H,12H2,(H2,23,24,25)/t18-/m1/s1. The molecule has 140 valence electrons. The Bertz CT molecular complexity index is 1080. The van der Waals surface area contributed by atoms with E-state index < -0.39 is 0 Å². The maximum atomic E-state index is 9.90. The lowest BCUT2D eigenvalue weighted by Crippen LogP contribution is -2.15. The fraction of sp³-hybridized carbons (Fsp3) is 0.0952. The first-order chi connectivity index (χ1) is 13.7. The van der Waals surface area contributed by atoms with Gasteiger partial charge in [-0.05, 0) is 23.3 Å². The second-order valence-electron chi connectivity index (χ2n) is 6.31. The summed E-state index contributed by atoms with van der Waals surface area (Å²) in [4.78, 5) is 8.58. The van der Waals surface area contributed by atoms with Gasteiger partial charge in [-0.1, -0.05) is 54.1 Å². The molecule has 0 aliphatic carbocycles. The van der Waals surface area contributed by atoms with Crippen molar-refractivity contribution in [1.29, 1.82) is 0 Å². The van der Waals surface area contributed by atoms with Crippen LogP contribution in [0.2, 0.25) is 5.02 Å². The van der Waals surface area contributed by atoms with Gasteiger partial charge in [0.05, 0.1) is 30.1 Å². The number of benzene rings is 2. The van der Waals surface area contributed by atoms with Crippen LogP contribution in [0.4, 0.5) is 5.82 Å². The highest BCUT2D eigenvalue weighted by molar-refractivity contribution is 6.30. The minimum atomic E-state index is -0.284. The van der Waals surface area contributed by atoms with Crippen LogP contribution in [0, 0.1) is 0 Å². The zero-order valence-corrected chi connectivity index (χ0v) is 15.7. The Morgan fingerprint density at radius 2 is 1.75 bits per heavy atom. The Morgan fingerprint density at radius 1 is 1.00 bits per heavy atom. The molecule has 0 spiro atoms. The van der Waals surface area contributed by atoms with E-state index in [1.54, 1.807) is 23.0 Å². The monoisotopic (exact) mass is 391 g/mol. The molecule has 0 bridgehead atoms. The van der Waals surface area contributed by atoms with Gasteiger partial charge in [0.25, 0.3) is 0 Å². The molecule has 4 aromatic rings. The number of nitrogen functional groups attached to an aromatic ring is 1. The number of anilines is 1. The van der Waals surface area contributed by atoms with E-state index in [1.807, 2.05) is 48.7 Å². The highest BCUT2D eigenvalue weighted by Crippen LogP contribution is 2.34. The molecule has 0 unspecified atom stereocenters. The smallest absolute Gasteiger partial charge is 0.135 e. The van der Waals surface area contributed by atoms with Crippen LogP contribution in [-0.2, 0) is 0 Å². The van der Waals surface area contributed by atoms with Gasteiger partial charge in [0, 0.05) is 16.8 Å². The van der Waals surface area contributed by atoms with Gasteiger partial charge in [-0.2, -0.15) is 5.10 Å². The molecule has 4 rings (SSSR count). The van der Waals surface area contributed by atoms with Gasteiger partial charge in [0.2, 0.25) is 0 Å². The number of aliphatic hydroxyl groups is 1. The Hall–Kier alpha value is -3.22. The van der Waals surface area contributed by atoms with E-state index in [-0.39, 0.29) is 12.6 Å². The third-order valence-electron chi connectivity index (χ3n) is 4.56. The zero-order valence-electron chi connectivity index (χ0n) is 14.9. The van der Waals surface area contributed by atoms with Crippen molar-refractivity contribution in [3.05, 3.63) is 83.9 Å². The van der Waals surface area contributed by atoms with Gasteiger partial charge in [-0.15, -0.1) is 0 Å². The molecule has 3 N–H and O–H groups in total. The molecule has 6 nitrogen and oxygen atoms in total. The van der Waals surface area contributed by atoms with E-state index >= 15 is 0 Å². The molecule has 0 radical (unpaired) electrons. The average molecular weight is 392 g/mol. The van der Waals surface area contributed by atoms with Crippen molar-refractivity contribution in [2.75, 3.05) is 12.3 Å². The van der Waals surface area contributed by atoms with Crippen molar-refractivity contribution in [3.8, 4) is 22.4 Å². The summed E-state index contributed by atoms with van der Waals surface area (Å²) in [6.45, 7) is -0.0684.